The average Bonchev–Trinajstić information content (AvgIpc) is 3.36. The predicted molar refractivity (Wildman–Crippen MR) is 102 cm³/mol. The Bertz CT molecular complexity index is 1050. The smallest absolute Gasteiger partial charge is 0.214 e. The van der Waals surface area contributed by atoms with E-state index in [2.05, 4.69) is 20.7 Å². The van der Waals surface area contributed by atoms with E-state index < -0.39 is 0 Å². The van der Waals surface area contributed by atoms with Gasteiger partial charge in [0.1, 0.15) is 11.4 Å². The van der Waals surface area contributed by atoms with Gasteiger partial charge in [-0.3, -0.25) is 0 Å². The van der Waals surface area contributed by atoms with Crippen molar-refractivity contribution in [2.75, 3.05) is 7.11 Å². The highest BCUT2D eigenvalue weighted by Crippen LogP contribution is 2.29. The lowest BCUT2D eigenvalue weighted by molar-refractivity contribution is 0.410. The van der Waals surface area contributed by atoms with Gasteiger partial charge in [-0.15, -0.1) is 5.10 Å². The van der Waals surface area contributed by atoms with Gasteiger partial charge in [-0.05, 0) is 35.0 Å². The lowest BCUT2D eigenvalue weighted by Gasteiger charge is -2.10. The first-order valence-corrected chi connectivity index (χ1v) is 9.30. The Morgan fingerprint density at radius 3 is 2.78 bits per heavy atom. The molecule has 4 rings (SSSR count). The monoisotopic (exact) mass is 379 g/mol. The van der Waals surface area contributed by atoms with Crippen LogP contribution in [0.3, 0.4) is 0 Å². The number of hydrogen-bond acceptors (Lipinski definition) is 7. The maximum Gasteiger partial charge on any atom is 0.214 e. The summed E-state index contributed by atoms with van der Waals surface area (Å²) in [5, 5.41) is 16.9. The van der Waals surface area contributed by atoms with Crippen molar-refractivity contribution in [2.45, 2.75) is 17.8 Å². The maximum atomic E-state index is 5.45. The van der Waals surface area contributed by atoms with Gasteiger partial charge < -0.3 is 9.26 Å². The third-order valence-corrected chi connectivity index (χ3v) is 4.92. The fourth-order valence-electron chi connectivity index (χ4n) is 2.64. The van der Waals surface area contributed by atoms with E-state index in [1.165, 1.54) is 11.8 Å². The molecule has 8 heteroatoms. The van der Waals surface area contributed by atoms with Gasteiger partial charge in [0.2, 0.25) is 5.16 Å². The van der Waals surface area contributed by atoms with E-state index in [9.17, 15) is 0 Å². The number of benzene rings is 2. The van der Waals surface area contributed by atoms with Gasteiger partial charge in [-0.25, -0.2) is 0 Å². The second-order valence-corrected chi connectivity index (χ2v) is 6.83. The number of aromatic nitrogens is 5. The van der Waals surface area contributed by atoms with Gasteiger partial charge in [-0.2, -0.15) is 4.68 Å². The standard InChI is InChI=1S/C19H17N5O2S/c1-13-8-9-17(25-2)16(10-13)24-19(20-22-23-24)27-12-15-11-18(26-21-15)14-6-4-3-5-7-14/h3-11H,12H2,1-2H3. The highest BCUT2D eigenvalue weighted by molar-refractivity contribution is 7.98. The lowest BCUT2D eigenvalue weighted by atomic mass is 10.2. The molecule has 0 bridgehead atoms. The highest BCUT2D eigenvalue weighted by Gasteiger charge is 2.15. The Labute approximate surface area is 160 Å². The number of ether oxygens (including phenoxy) is 1. The summed E-state index contributed by atoms with van der Waals surface area (Å²) in [7, 11) is 1.63. The minimum Gasteiger partial charge on any atom is -0.494 e. The molecule has 2 aromatic carbocycles. The summed E-state index contributed by atoms with van der Waals surface area (Å²) in [5.74, 6) is 2.04. The van der Waals surface area contributed by atoms with Crippen LogP contribution in [0.5, 0.6) is 5.75 Å². The number of aryl methyl sites for hydroxylation is 1. The molecule has 0 aliphatic rings. The van der Waals surface area contributed by atoms with Gasteiger partial charge >= 0.3 is 0 Å². The van der Waals surface area contributed by atoms with Crippen molar-refractivity contribution >= 4 is 11.8 Å². The number of methoxy groups -OCH3 is 1. The first-order chi connectivity index (χ1) is 13.2. The van der Waals surface area contributed by atoms with Crippen LogP contribution in [0.15, 0.2) is 64.3 Å². The van der Waals surface area contributed by atoms with Gasteiger partial charge in [0.15, 0.2) is 5.76 Å². The van der Waals surface area contributed by atoms with Crippen LogP contribution in [-0.2, 0) is 5.75 Å². The number of thioether (sulfide) groups is 1. The second kappa shape index (κ2) is 7.63. The van der Waals surface area contributed by atoms with Crippen LogP contribution in [0.4, 0.5) is 0 Å². The zero-order valence-corrected chi connectivity index (χ0v) is 15.7. The number of hydrogen-bond donors (Lipinski definition) is 0. The quantitative estimate of drug-likeness (QED) is 0.470. The number of rotatable bonds is 6. The van der Waals surface area contributed by atoms with Crippen molar-refractivity contribution in [3.63, 3.8) is 0 Å². The van der Waals surface area contributed by atoms with E-state index in [-0.39, 0.29) is 0 Å². The Morgan fingerprint density at radius 2 is 1.96 bits per heavy atom. The summed E-state index contributed by atoms with van der Waals surface area (Å²) < 4.78 is 12.6. The molecule has 27 heavy (non-hydrogen) atoms. The zero-order chi connectivity index (χ0) is 18.6. The number of tetrazole rings is 1. The molecule has 0 amide bonds. The van der Waals surface area contributed by atoms with E-state index in [0.717, 1.165) is 28.3 Å². The van der Waals surface area contributed by atoms with Gasteiger partial charge in [0.05, 0.1) is 12.8 Å². The summed E-state index contributed by atoms with van der Waals surface area (Å²) in [6.07, 6.45) is 0. The lowest BCUT2D eigenvalue weighted by Crippen LogP contribution is -2.02. The average molecular weight is 379 g/mol. The molecule has 4 aromatic rings. The van der Waals surface area contributed by atoms with Crippen molar-refractivity contribution < 1.29 is 9.26 Å². The van der Waals surface area contributed by atoms with Gasteiger partial charge in [-0.1, -0.05) is 53.3 Å². The zero-order valence-electron chi connectivity index (χ0n) is 14.9. The molecule has 7 nitrogen and oxygen atoms in total. The molecular weight excluding hydrogens is 362 g/mol. The summed E-state index contributed by atoms with van der Waals surface area (Å²) >= 11 is 1.48. The Kier molecular flexibility index (Phi) is 4.88. The van der Waals surface area contributed by atoms with Gasteiger partial charge in [0, 0.05) is 17.4 Å². The van der Waals surface area contributed by atoms with Crippen LogP contribution in [0.2, 0.25) is 0 Å². The van der Waals surface area contributed by atoms with E-state index in [1.807, 2.05) is 61.5 Å². The maximum absolute atomic E-state index is 5.45. The van der Waals surface area contributed by atoms with Crippen LogP contribution in [0.1, 0.15) is 11.3 Å². The van der Waals surface area contributed by atoms with Crippen LogP contribution in [0.25, 0.3) is 17.0 Å². The number of nitrogens with zero attached hydrogens (tertiary/aromatic N) is 5. The molecule has 2 aromatic heterocycles. The molecule has 0 aliphatic heterocycles. The molecule has 0 N–H and O–H groups in total. The van der Waals surface area contributed by atoms with Crippen molar-refractivity contribution in [1.29, 1.82) is 0 Å². The Hall–Kier alpha value is -3.13. The minimum absolute atomic E-state index is 0.588. The summed E-state index contributed by atoms with van der Waals surface area (Å²) in [4.78, 5) is 0. The molecule has 0 fully saturated rings. The minimum atomic E-state index is 0.588. The fraction of sp³-hybridized carbons (Fsp3) is 0.158. The van der Waals surface area contributed by atoms with Crippen LogP contribution in [0, 0.1) is 6.92 Å². The first kappa shape index (κ1) is 17.3. The summed E-state index contributed by atoms with van der Waals surface area (Å²) in [6.45, 7) is 2.01. The molecule has 2 heterocycles. The Balaban J connectivity index is 1.54. The second-order valence-electron chi connectivity index (χ2n) is 5.89. The first-order valence-electron chi connectivity index (χ1n) is 8.32. The molecule has 0 radical (unpaired) electrons. The molecule has 0 unspecified atom stereocenters. The van der Waals surface area contributed by atoms with Crippen molar-refractivity contribution in [3.8, 4) is 22.8 Å². The third-order valence-electron chi connectivity index (χ3n) is 3.97. The predicted octanol–water partition coefficient (Wildman–Crippen LogP) is 3.93. The van der Waals surface area contributed by atoms with Gasteiger partial charge in [0.25, 0.3) is 0 Å². The fourth-order valence-corrected chi connectivity index (χ4v) is 3.41. The van der Waals surface area contributed by atoms with Crippen molar-refractivity contribution in [3.05, 3.63) is 65.9 Å². The van der Waals surface area contributed by atoms with E-state index in [4.69, 9.17) is 9.26 Å². The molecule has 0 atom stereocenters. The van der Waals surface area contributed by atoms with Crippen molar-refractivity contribution in [2.24, 2.45) is 0 Å². The molecule has 136 valence electrons. The topological polar surface area (TPSA) is 78.9 Å². The van der Waals surface area contributed by atoms with E-state index in [1.54, 1.807) is 11.8 Å². The molecule has 0 spiro atoms. The summed E-state index contributed by atoms with van der Waals surface area (Å²) in [5.41, 5.74) is 3.72. The molecule has 0 saturated carbocycles. The van der Waals surface area contributed by atoms with Crippen LogP contribution in [-0.4, -0.2) is 32.5 Å². The normalized spacial score (nSPS) is 10.9. The van der Waals surface area contributed by atoms with Crippen molar-refractivity contribution in [1.82, 2.24) is 25.4 Å². The summed E-state index contributed by atoms with van der Waals surface area (Å²) in [6, 6.07) is 17.7. The van der Waals surface area contributed by atoms with Crippen LogP contribution < -0.4 is 4.74 Å². The molecule has 0 saturated heterocycles. The Morgan fingerprint density at radius 1 is 1.11 bits per heavy atom. The largest absolute Gasteiger partial charge is 0.494 e. The van der Waals surface area contributed by atoms with E-state index >= 15 is 0 Å². The highest BCUT2D eigenvalue weighted by atomic mass is 32.2. The molecular formula is C19H17N5O2S. The van der Waals surface area contributed by atoms with E-state index in [0.29, 0.717) is 16.7 Å². The molecule has 0 aliphatic carbocycles. The van der Waals surface area contributed by atoms with Crippen LogP contribution >= 0.6 is 11.8 Å². The SMILES string of the molecule is COc1ccc(C)cc1-n1nnnc1SCc1cc(-c2ccccc2)on1. The third kappa shape index (κ3) is 3.70.